The highest BCUT2D eigenvalue weighted by molar-refractivity contribution is 5.28. The first-order valence-corrected chi connectivity index (χ1v) is 9.29. The summed E-state index contributed by atoms with van der Waals surface area (Å²) in [6.07, 6.45) is 7.94. The Morgan fingerprint density at radius 2 is 2.00 bits per heavy atom. The zero-order valence-corrected chi connectivity index (χ0v) is 14.4. The lowest BCUT2D eigenvalue weighted by molar-refractivity contribution is 0.0174. The van der Waals surface area contributed by atoms with E-state index < -0.39 is 0 Å². The SMILES string of the molecule is C[C@H](NCCOC[C@H]1CCCO1)C1(c2ccccc2)CCCC1. The van der Waals surface area contributed by atoms with Crippen LogP contribution < -0.4 is 5.32 Å². The van der Waals surface area contributed by atoms with Gasteiger partial charge in [-0.05, 0) is 38.2 Å². The van der Waals surface area contributed by atoms with Crippen molar-refractivity contribution >= 4 is 0 Å². The molecule has 0 spiro atoms. The Bertz CT molecular complexity index is 450. The van der Waals surface area contributed by atoms with Gasteiger partial charge in [-0.1, -0.05) is 43.2 Å². The summed E-state index contributed by atoms with van der Waals surface area (Å²) in [7, 11) is 0. The Balaban J connectivity index is 1.46. The molecule has 2 fully saturated rings. The fourth-order valence-corrected chi connectivity index (χ4v) is 4.28. The molecule has 1 aromatic carbocycles. The molecule has 1 heterocycles. The van der Waals surface area contributed by atoms with Crippen molar-refractivity contribution in [2.45, 2.75) is 63.0 Å². The molecule has 2 aliphatic rings. The third-order valence-corrected chi connectivity index (χ3v) is 5.70. The fraction of sp³-hybridized carbons (Fsp3) is 0.700. The normalized spacial score (nSPS) is 24.8. The van der Waals surface area contributed by atoms with Crippen LogP contribution in [0.2, 0.25) is 0 Å². The van der Waals surface area contributed by atoms with E-state index >= 15 is 0 Å². The predicted octanol–water partition coefficient (Wildman–Crippen LogP) is 3.67. The molecule has 0 radical (unpaired) electrons. The van der Waals surface area contributed by atoms with Gasteiger partial charge in [0, 0.05) is 24.6 Å². The van der Waals surface area contributed by atoms with E-state index in [0.29, 0.717) is 17.6 Å². The maximum atomic E-state index is 5.78. The van der Waals surface area contributed by atoms with Crippen molar-refractivity contribution in [1.29, 1.82) is 0 Å². The highest BCUT2D eigenvalue weighted by atomic mass is 16.5. The van der Waals surface area contributed by atoms with E-state index in [4.69, 9.17) is 9.47 Å². The summed E-state index contributed by atoms with van der Waals surface area (Å²) < 4.78 is 11.4. The summed E-state index contributed by atoms with van der Waals surface area (Å²) in [5.41, 5.74) is 1.80. The molecule has 1 saturated carbocycles. The summed E-state index contributed by atoms with van der Waals surface area (Å²) in [5, 5.41) is 3.72. The van der Waals surface area contributed by atoms with Crippen LogP contribution in [0.1, 0.15) is 51.0 Å². The van der Waals surface area contributed by atoms with Crippen LogP contribution in [0.5, 0.6) is 0 Å². The Labute approximate surface area is 140 Å². The quantitative estimate of drug-likeness (QED) is 0.742. The average molecular weight is 317 g/mol. The van der Waals surface area contributed by atoms with E-state index in [1.165, 1.54) is 37.7 Å². The molecule has 0 aromatic heterocycles. The van der Waals surface area contributed by atoms with E-state index in [2.05, 4.69) is 42.6 Å². The molecule has 0 amide bonds. The Morgan fingerprint density at radius 3 is 2.70 bits per heavy atom. The highest BCUT2D eigenvalue weighted by Gasteiger charge is 2.40. The van der Waals surface area contributed by atoms with E-state index in [1.54, 1.807) is 0 Å². The van der Waals surface area contributed by atoms with Gasteiger partial charge < -0.3 is 14.8 Å². The van der Waals surface area contributed by atoms with Crippen LogP contribution >= 0.6 is 0 Å². The van der Waals surface area contributed by atoms with E-state index in [9.17, 15) is 0 Å². The van der Waals surface area contributed by atoms with Crippen molar-refractivity contribution in [3.63, 3.8) is 0 Å². The lowest BCUT2D eigenvalue weighted by Gasteiger charge is -2.37. The van der Waals surface area contributed by atoms with Crippen LogP contribution in [-0.4, -0.2) is 38.5 Å². The molecule has 2 atom stereocenters. The van der Waals surface area contributed by atoms with E-state index in [0.717, 1.165) is 32.8 Å². The number of ether oxygens (including phenoxy) is 2. The lowest BCUT2D eigenvalue weighted by Crippen LogP contribution is -2.46. The molecule has 1 aliphatic heterocycles. The Hall–Kier alpha value is -0.900. The molecule has 3 rings (SSSR count). The van der Waals surface area contributed by atoms with Crippen LogP contribution in [0.3, 0.4) is 0 Å². The second kappa shape index (κ2) is 8.27. The molecular formula is C20H31NO2. The van der Waals surface area contributed by atoms with Crippen molar-refractivity contribution in [3.8, 4) is 0 Å². The van der Waals surface area contributed by atoms with Crippen LogP contribution in [0, 0.1) is 0 Å². The molecule has 23 heavy (non-hydrogen) atoms. The standard InChI is InChI=1S/C20H31NO2/c1-17(21-13-15-22-16-19-10-7-14-23-19)20(11-5-6-12-20)18-8-3-2-4-9-18/h2-4,8-9,17,19,21H,5-7,10-16H2,1H3/t17-,19+/m0/s1. The minimum atomic E-state index is 0.301. The smallest absolute Gasteiger partial charge is 0.0809 e. The Morgan fingerprint density at radius 1 is 1.22 bits per heavy atom. The van der Waals surface area contributed by atoms with Gasteiger partial charge in [0.1, 0.15) is 0 Å². The summed E-state index contributed by atoms with van der Waals surface area (Å²) in [6.45, 7) is 5.69. The molecular weight excluding hydrogens is 286 g/mol. The fourth-order valence-electron chi connectivity index (χ4n) is 4.28. The van der Waals surface area contributed by atoms with Gasteiger partial charge in [0.15, 0.2) is 0 Å². The molecule has 1 N–H and O–H groups in total. The van der Waals surface area contributed by atoms with Crippen LogP contribution in [0.4, 0.5) is 0 Å². The van der Waals surface area contributed by atoms with E-state index in [1.807, 2.05) is 0 Å². The topological polar surface area (TPSA) is 30.5 Å². The second-order valence-electron chi connectivity index (χ2n) is 7.12. The van der Waals surface area contributed by atoms with Gasteiger partial charge in [-0.2, -0.15) is 0 Å². The second-order valence-corrected chi connectivity index (χ2v) is 7.12. The van der Waals surface area contributed by atoms with Crippen LogP contribution in [-0.2, 0) is 14.9 Å². The Kier molecular flexibility index (Phi) is 6.09. The number of hydrogen-bond donors (Lipinski definition) is 1. The predicted molar refractivity (Wildman–Crippen MR) is 93.8 cm³/mol. The molecule has 3 nitrogen and oxygen atoms in total. The van der Waals surface area contributed by atoms with Gasteiger partial charge >= 0.3 is 0 Å². The van der Waals surface area contributed by atoms with Crippen molar-refractivity contribution in [3.05, 3.63) is 35.9 Å². The number of hydrogen-bond acceptors (Lipinski definition) is 3. The van der Waals surface area contributed by atoms with Gasteiger partial charge in [-0.3, -0.25) is 0 Å². The van der Waals surface area contributed by atoms with Crippen molar-refractivity contribution in [1.82, 2.24) is 5.32 Å². The minimum Gasteiger partial charge on any atom is -0.377 e. The first-order chi connectivity index (χ1) is 11.3. The summed E-state index contributed by atoms with van der Waals surface area (Å²) >= 11 is 0. The first-order valence-electron chi connectivity index (χ1n) is 9.29. The number of rotatable bonds is 8. The maximum Gasteiger partial charge on any atom is 0.0809 e. The van der Waals surface area contributed by atoms with Gasteiger partial charge in [0.05, 0.1) is 19.3 Å². The minimum absolute atomic E-state index is 0.301. The monoisotopic (exact) mass is 317 g/mol. The van der Waals surface area contributed by atoms with Gasteiger partial charge in [-0.25, -0.2) is 0 Å². The molecule has 1 aliphatic carbocycles. The van der Waals surface area contributed by atoms with E-state index in [-0.39, 0.29) is 0 Å². The van der Waals surface area contributed by atoms with Crippen LogP contribution in [0.25, 0.3) is 0 Å². The number of nitrogens with one attached hydrogen (secondary N) is 1. The van der Waals surface area contributed by atoms with Crippen molar-refractivity contribution in [2.24, 2.45) is 0 Å². The molecule has 0 bridgehead atoms. The van der Waals surface area contributed by atoms with Gasteiger partial charge in [0.2, 0.25) is 0 Å². The first kappa shape index (κ1) is 16.9. The third kappa shape index (κ3) is 4.14. The molecule has 0 unspecified atom stereocenters. The van der Waals surface area contributed by atoms with Crippen LogP contribution in [0.15, 0.2) is 30.3 Å². The van der Waals surface area contributed by atoms with Gasteiger partial charge in [0.25, 0.3) is 0 Å². The lowest BCUT2D eigenvalue weighted by atomic mass is 9.73. The largest absolute Gasteiger partial charge is 0.377 e. The molecule has 128 valence electrons. The summed E-state index contributed by atoms with van der Waals surface area (Å²) in [6, 6.07) is 11.6. The maximum absolute atomic E-state index is 5.78. The summed E-state index contributed by atoms with van der Waals surface area (Å²) in [5.74, 6) is 0. The number of benzene rings is 1. The zero-order chi connectivity index (χ0) is 16.0. The average Bonchev–Trinajstić information content (AvgIpc) is 3.27. The van der Waals surface area contributed by atoms with Crippen molar-refractivity contribution in [2.75, 3.05) is 26.4 Å². The summed E-state index contributed by atoms with van der Waals surface area (Å²) in [4.78, 5) is 0. The van der Waals surface area contributed by atoms with Crippen molar-refractivity contribution < 1.29 is 9.47 Å². The molecule has 3 heteroatoms. The third-order valence-electron chi connectivity index (χ3n) is 5.70. The highest BCUT2D eigenvalue weighted by Crippen LogP contribution is 2.43. The van der Waals surface area contributed by atoms with Gasteiger partial charge in [-0.15, -0.1) is 0 Å². The zero-order valence-electron chi connectivity index (χ0n) is 14.4. The molecule has 1 aromatic rings. The molecule has 1 saturated heterocycles.